The van der Waals surface area contributed by atoms with Crippen molar-refractivity contribution in [1.29, 1.82) is 0 Å². The summed E-state index contributed by atoms with van der Waals surface area (Å²) in [6, 6.07) is 8.69. The van der Waals surface area contributed by atoms with E-state index in [-0.39, 0.29) is 35.1 Å². The number of likely N-dealkylation sites (N-methyl/N-ethyl adjacent to an activating group) is 1. The van der Waals surface area contributed by atoms with Crippen molar-refractivity contribution >= 4 is 29.1 Å². The van der Waals surface area contributed by atoms with Crippen LogP contribution in [-0.2, 0) is 11.8 Å². The number of phenols is 1. The molecule has 2 aromatic carbocycles. The first kappa shape index (κ1) is 19.5. The Labute approximate surface area is 190 Å². The van der Waals surface area contributed by atoms with Gasteiger partial charge in [-0.25, -0.2) is 0 Å². The van der Waals surface area contributed by atoms with Gasteiger partial charge in [-0.1, -0.05) is 41.4 Å². The summed E-state index contributed by atoms with van der Waals surface area (Å²) in [5.41, 5.74) is 2.59. The van der Waals surface area contributed by atoms with Gasteiger partial charge in [0.1, 0.15) is 6.10 Å². The van der Waals surface area contributed by atoms with Crippen LogP contribution < -0.4 is 10.1 Å². The van der Waals surface area contributed by atoms with Crippen LogP contribution in [0.15, 0.2) is 42.5 Å². The fraction of sp³-hybridized carbons (Fsp3) is 0.375. The molecule has 2 aliphatic heterocycles. The predicted molar refractivity (Wildman–Crippen MR) is 119 cm³/mol. The molecule has 160 valence electrons. The summed E-state index contributed by atoms with van der Waals surface area (Å²) in [6.45, 7) is 0.955. The minimum atomic E-state index is -0.319. The number of aromatic hydroxyl groups is 1. The van der Waals surface area contributed by atoms with Crippen molar-refractivity contribution in [2.45, 2.75) is 36.4 Å². The molecule has 0 radical (unpaired) electrons. The summed E-state index contributed by atoms with van der Waals surface area (Å²) in [6.07, 6.45) is 5.90. The lowest BCUT2D eigenvalue weighted by atomic mass is 9.53. The summed E-state index contributed by atoms with van der Waals surface area (Å²) in [5.74, 6) is 0.818. The summed E-state index contributed by atoms with van der Waals surface area (Å²) in [4.78, 5) is 15.5. The molecular weight excluding hydrogens is 435 g/mol. The topological polar surface area (TPSA) is 61.8 Å². The minimum absolute atomic E-state index is 0.174. The van der Waals surface area contributed by atoms with E-state index < -0.39 is 0 Å². The first-order valence-corrected chi connectivity index (χ1v) is 11.3. The van der Waals surface area contributed by atoms with E-state index in [2.05, 4.69) is 29.4 Å². The zero-order valence-corrected chi connectivity index (χ0v) is 18.5. The molecule has 6 rings (SSSR count). The molecule has 31 heavy (non-hydrogen) atoms. The van der Waals surface area contributed by atoms with Gasteiger partial charge >= 0.3 is 0 Å². The molecule has 1 fully saturated rings. The lowest BCUT2D eigenvalue weighted by Gasteiger charge is -2.57. The van der Waals surface area contributed by atoms with E-state index >= 15 is 0 Å². The maximum absolute atomic E-state index is 13.0. The fourth-order valence-electron chi connectivity index (χ4n) is 6.26. The highest BCUT2D eigenvalue weighted by Gasteiger charge is 2.64. The molecule has 4 aliphatic rings. The monoisotopic (exact) mass is 456 g/mol. The number of carbonyl (C=O) groups excluding carboxylic acids is 1. The Morgan fingerprint density at radius 3 is 2.87 bits per heavy atom. The maximum Gasteiger partial charge on any atom is 0.251 e. The number of ether oxygens (including phenoxy) is 1. The molecule has 0 aromatic heterocycles. The van der Waals surface area contributed by atoms with Gasteiger partial charge in [0.05, 0.1) is 16.1 Å². The zero-order chi connectivity index (χ0) is 21.5. The second-order valence-corrected chi connectivity index (χ2v) is 9.88. The average Bonchev–Trinajstić information content (AvgIpc) is 3.11. The van der Waals surface area contributed by atoms with E-state index in [1.807, 2.05) is 6.07 Å². The van der Waals surface area contributed by atoms with Crippen LogP contribution in [0.1, 0.15) is 27.9 Å². The van der Waals surface area contributed by atoms with Crippen molar-refractivity contribution in [2.24, 2.45) is 5.92 Å². The van der Waals surface area contributed by atoms with E-state index in [0.29, 0.717) is 27.4 Å². The van der Waals surface area contributed by atoms with Crippen LogP contribution in [0.3, 0.4) is 0 Å². The van der Waals surface area contributed by atoms with Crippen LogP contribution >= 0.6 is 23.2 Å². The van der Waals surface area contributed by atoms with Crippen LogP contribution in [0.2, 0.25) is 10.0 Å². The van der Waals surface area contributed by atoms with E-state index in [1.165, 1.54) is 5.56 Å². The number of halogens is 2. The molecule has 7 heteroatoms. The number of rotatable bonds is 2. The van der Waals surface area contributed by atoms with Crippen molar-refractivity contribution in [1.82, 2.24) is 10.2 Å². The highest BCUT2D eigenvalue weighted by atomic mass is 35.5. The SMILES string of the molecule is CN1CC[C@]23c4c5ccc(O)c4O[C@H]2[C@H](NC(=O)c2ccc(Cl)c(Cl)c2)C=CC3[C@H]1C5. The average molecular weight is 457 g/mol. The summed E-state index contributed by atoms with van der Waals surface area (Å²) < 4.78 is 6.46. The normalized spacial score (nSPS) is 32.4. The third-order valence-corrected chi connectivity index (χ3v) is 8.39. The minimum Gasteiger partial charge on any atom is -0.504 e. The van der Waals surface area contributed by atoms with Gasteiger partial charge in [-0.05, 0) is 56.3 Å². The summed E-state index contributed by atoms with van der Waals surface area (Å²) in [7, 11) is 2.18. The van der Waals surface area contributed by atoms with Gasteiger partial charge in [0.15, 0.2) is 11.5 Å². The summed E-state index contributed by atoms with van der Waals surface area (Å²) >= 11 is 12.1. The molecule has 2 aromatic rings. The summed E-state index contributed by atoms with van der Waals surface area (Å²) in [5, 5.41) is 14.5. The first-order valence-electron chi connectivity index (χ1n) is 10.6. The van der Waals surface area contributed by atoms with Crippen LogP contribution in [0.25, 0.3) is 0 Å². The van der Waals surface area contributed by atoms with E-state index in [1.54, 1.807) is 24.3 Å². The highest BCUT2D eigenvalue weighted by molar-refractivity contribution is 6.42. The zero-order valence-electron chi connectivity index (χ0n) is 16.9. The van der Waals surface area contributed by atoms with E-state index in [4.69, 9.17) is 27.9 Å². The molecule has 1 amide bonds. The first-order chi connectivity index (χ1) is 14.9. The van der Waals surface area contributed by atoms with Gasteiger partial charge in [0.25, 0.3) is 5.91 Å². The van der Waals surface area contributed by atoms with Crippen molar-refractivity contribution in [3.05, 3.63) is 69.2 Å². The van der Waals surface area contributed by atoms with Gasteiger partial charge in [0.2, 0.25) is 0 Å². The third kappa shape index (κ3) is 2.57. The van der Waals surface area contributed by atoms with Gasteiger partial charge in [-0.15, -0.1) is 0 Å². The van der Waals surface area contributed by atoms with Crippen LogP contribution in [0.4, 0.5) is 0 Å². The number of hydrogen-bond donors (Lipinski definition) is 2. The quantitative estimate of drug-likeness (QED) is 0.671. The standard InChI is InChI=1S/C24H22Cl2N2O3/c1-28-9-8-24-14-4-6-17(27-23(30)13-2-5-15(25)16(26)10-13)22(24)31-21-19(29)7-3-12(20(21)24)11-18(14)28/h2-7,10,14,17-18,22,29H,8-9,11H2,1H3,(H,27,30)/t14?,17-,18-,22+,24+/m1/s1. The fourth-order valence-corrected chi connectivity index (χ4v) is 6.56. The number of likely N-dealkylation sites (tertiary alicyclic amines) is 1. The Bertz CT molecular complexity index is 1150. The number of carbonyl (C=O) groups is 1. The largest absolute Gasteiger partial charge is 0.504 e. The van der Waals surface area contributed by atoms with Gasteiger partial charge in [0, 0.05) is 28.5 Å². The van der Waals surface area contributed by atoms with Crippen LogP contribution in [0, 0.1) is 5.92 Å². The molecule has 5 atom stereocenters. The van der Waals surface area contributed by atoms with Crippen LogP contribution in [-0.4, -0.2) is 47.7 Å². The molecule has 2 bridgehead atoms. The number of nitrogens with one attached hydrogen (secondary N) is 1. The number of benzene rings is 2. The third-order valence-electron chi connectivity index (χ3n) is 7.66. The van der Waals surface area contributed by atoms with E-state index in [0.717, 1.165) is 24.9 Å². The number of piperidine rings is 1. The maximum atomic E-state index is 13.0. The van der Waals surface area contributed by atoms with Crippen molar-refractivity contribution < 1.29 is 14.6 Å². The molecule has 2 heterocycles. The second-order valence-electron chi connectivity index (χ2n) is 9.07. The van der Waals surface area contributed by atoms with Gasteiger partial charge in [-0.2, -0.15) is 0 Å². The molecular formula is C24H22Cl2N2O3. The molecule has 1 spiro atoms. The lowest BCUT2D eigenvalue weighted by molar-refractivity contribution is -0.00855. The Hall–Kier alpha value is -2.21. The molecule has 0 saturated carbocycles. The predicted octanol–water partition coefficient (Wildman–Crippen LogP) is 3.94. The highest BCUT2D eigenvalue weighted by Crippen LogP contribution is 2.62. The van der Waals surface area contributed by atoms with E-state index in [9.17, 15) is 9.90 Å². The number of amides is 1. The van der Waals surface area contributed by atoms with Crippen molar-refractivity contribution in [3.63, 3.8) is 0 Å². The molecule has 1 unspecified atom stereocenters. The number of hydrogen-bond acceptors (Lipinski definition) is 4. The Balaban J connectivity index is 1.41. The molecule has 1 saturated heterocycles. The number of phenolic OH excluding ortho intramolecular Hbond substituents is 1. The molecule has 2 N–H and O–H groups in total. The Kier molecular flexibility index (Phi) is 4.17. The number of nitrogens with zero attached hydrogens (tertiary/aromatic N) is 1. The smallest absolute Gasteiger partial charge is 0.251 e. The second kappa shape index (κ2) is 6.64. The lowest BCUT2D eigenvalue weighted by Crippen LogP contribution is -2.66. The van der Waals surface area contributed by atoms with Crippen molar-refractivity contribution in [2.75, 3.05) is 13.6 Å². The van der Waals surface area contributed by atoms with Crippen molar-refractivity contribution in [3.8, 4) is 11.5 Å². The van der Waals surface area contributed by atoms with Crippen LogP contribution in [0.5, 0.6) is 11.5 Å². The Morgan fingerprint density at radius 1 is 1.23 bits per heavy atom. The molecule has 2 aliphatic carbocycles. The Morgan fingerprint density at radius 2 is 2.06 bits per heavy atom. The van der Waals surface area contributed by atoms with Gasteiger partial charge < -0.3 is 20.1 Å². The molecule has 5 nitrogen and oxygen atoms in total. The van der Waals surface area contributed by atoms with Gasteiger partial charge in [-0.3, -0.25) is 4.79 Å².